The van der Waals surface area contributed by atoms with Crippen LogP contribution in [0.25, 0.3) is 100 Å². The number of rotatable bonds is 7. The summed E-state index contributed by atoms with van der Waals surface area (Å²) >= 11 is 0. The topological polar surface area (TPSA) is 38.7 Å². The van der Waals surface area contributed by atoms with E-state index in [0.717, 1.165) is 77.9 Å². The Labute approximate surface area is 326 Å². The molecule has 3 heteroatoms. The summed E-state index contributed by atoms with van der Waals surface area (Å²) in [6.07, 6.45) is 0. The Hall–Kier alpha value is -7.49. The zero-order valence-corrected chi connectivity index (χ0v) is 30.5. The molecule has 8 aromatic carbocycles. The minimum atomic E-state index is 0.710. The van der Waals surface area contributed by atoms with Crippen LogP contribution in [0.5, 0.6) is 0 Å². The van der Waals surface area contributed by atoms with Crippen molar-refractivity contribution in [1.29, 1.82) is 0 Å². The predicted molar refractivity (Wildman–Crippen MR) is 233 cm³/mol. The Bertz CT molecular complexity index is 2920. The summed E-state index contributed by atoms with van der Waals surface area (Å²) in [4.78, 5) is 15.5. The van der Waals surface area contributed by atoms with Gasteiger partial charge in [0.15, 0.2) is 5.82 Å². The predicted octanol–water partition coefficient (Wildman–Crippen LogP) is 13.8. The third-order valence-electron chi connectivity index (χ3n) is 10.5. The van der Waals surface area contributed by atoms with E-state index in [-0.39, 0.29) is 0 Å². The van der Waals surface area contributed by atoms with Crippen LogP contribution >= 0.6 is 0 Å². The van der Waals surface area contributed by atoms with Gasteiger partial charge >= 0.3 is 0 Å². The quantitative estimate of drug-likeness (QED) is 0.154. The monoisotopic (exact) mass is 713 g/mol. The minimum Gasteiger partial charge on any atom is -0.246 e. The molecule has 3 nitrogen and oxygen atoms in total. The van der Waals surface area contributed by atoms with Crippen molar-refractivity contribution in [3.05, 3.63) is 212 Å². The number of para-hydroxylation sites is 1. The molecule has 10 aromatic rings. The molecule has 56 heavy (non-hydrogen) atoms. The van der Waals surface area contributed by atoms with E-state index in [0.29, 0.717) is 5.82 Å². The van der Waals surface area contributed by atoms with Crippen molar-refractivity contribution in [2.75, 3.05) is 0 Å². The van der Waals surface area contributed by atoms with E-state index in [9.17, 15) is 0 Å². The summed E-state index contributed by atoms with van der Waals surface area (Å²) in [7, 11) is 0. The molecule has 0 aliphatic rings. The highest BCUT2D eigenvalue weighted by molar-refractivity contribution is 6.19. The molecule has 2 aromatic heterocycles. The Kier molecular flexibility index (Phi) is 8.51. The van der Waals surface area contributed by atoms with E-state index in [1.54, 1.807) is 0 Å². The fourth-order valence-corrected chi connectivity index (χ4v) is 7.75. The van der Waals surface area contributed by atoms with Crippen LogP contribution in [0.1, 0.15) is 0 Å². The van der Waals surface area contributed by atoms with Crippen LogP contribution in [0.15, 0.2) is 212 Å². The molecular weight excluding hydrogens is 679 g/mol. The third kappa shape index (κ3) is 6.21. The fraction of sp³-hybridized carbons (Fsp3) is 0. The molecule has 0 fully saturated rings. The van der Waals surface area contributed by atoms with Gasteiger partial charge in [0.05, 0.1) is 22.6 Å². The summed E-state index contributed by atoms with van der Waals surface area (Å²) in [6.45, 7) is 0. The summed E-state index contributed by atoms with van der Waals surface area (Å²) in [5.41, 5.74) is 14.8. The molecule has 2 heterocycles. The zero-order chi connectivity index (χ0) is 37.3. The highest BCUT2D eigenvalue weighted by atomic mass is 14.9. The van der Waals surface area contributed by atoms with E-state index in [1.807, 2.05) is 36.4 Å². The van der Waals surface area contributed by atoms with Gasteiger partial charge in [-0.15, -0.1) is 0 Å². The van der Waals surface area contributed by atoms with E-state index in [2.05, 4.69) is 176 Å². The van der Waals surface area contributed by atoms with Gasteiger partial charge in [0, 0.05) is 44.0 Å². The number of benzene rings is 8. The Morgan fingerprint density at radius 2 is 0.750 bits per heavy atom. The summed E-state index contributed by atoms with van der Waals surface area (Å²) in [5, 5.41) is 3.50. The first kappa shape index (κ1) is 33.1. The van der Waals surface area contributed by atoms with Gasteiger partial charge in [-0.1, -0.05) is 200 Å². The number of nitrogens with zero attached hydrogens (tertiary/aromatic N) is 3. The second-order valence-electron chi connectivity index (χ2n) is 14.0. The summed E-state index contributed by atoms with van der Waals surface area (Å²) in [5.74, 6) is 0.710. The van der Waals surface area contributed by atoms with E-state index in [1.165, 1.54) is 16.5 Å². The van der Waals surface area contributed by atoms with Gasteiger partial charge in [0.2, 0.25) is 0 Å². The van der Waals surface area contributed by atoms with Crippen LogP contribution in [-0.4, -0.2) is 15.0 Å². The van der Waals surface area contributed by atoms with Crippen molar-refractivity contribution in [1.82, 2.24) is 15.0 Å². The Balaban J connectivity index is 1.08. The number of hydrogen-bond acceptors (Lipinski definition) is 3. The molecule has 0 saturated heterocycles. The number of aromatic nitrogens is 3. The SMILES string of the molecule is c1ccc(-c2cc(-c3ccc(-c4cccc(-c5cccc6c5nc(-c5ccccc5)c5cccc(-c7ccccc7)c56)c4)cc3)nc(-c3ccccc3)n2)cc1. The maximum atomic E-state index is 5.48. The molecule has 0 unspecified atom stereocenters. The molecule has 0 atom stereocenters. The first-order valence-corrected chi connectivity index (χ1v) is 18.9. The molecule has 0 aliphatic heterocycles. The summed E-state index contributed by atoms with van der Waals surface area (Å²) in [6, 6.07) is 74.5. The normalized spacial score (nSPS) is 11.2. The molecule has 262 valence electrons. The van der Waals surface area contributed by atoms with Gasteiger partial charge in [-0.3, -0.25) is 0 Å². The van der Waals surface area contributed by atoms with E-state index in [4.69, 9.17) is 15.0 Å². The van der Waals surface area contributed by atoms with Gasteiger partial charge in [-0.05, 0) is 39.9 Å². The van der Waals surface area contributed by atoms with Crippen molar-refractivity contribution in [3.63, 3.8) is 0 Å². The number of pyridine rings is 1. The molecule has 10 rings (SSSR count). The minimum absolute atomic E-state index is 0.710. The lowest BCUT2D eigenvalue weighted by atomic mass is 9.90. The fourth-order valence-electron chi connectivity index (χ4n) is 7.75. The third-order valence-corrected chi connectivity index (χ3v) is 10.5. The largest absolute Gasteiger partial charge is 0.246 e. The second-order valence-corrected chi connectivity index (χ2v) is 14.0. The molecular formula is C53H35N3. The highest BCUT2D eigenvalue weighted by Crippen LogP contribution is 2.41. The maximum absolute atomic E-state index is 5.48. The maximum Gasteiger partial charge on any atom is 0.160 e. The lowest BCUT2D eigenvalue weighted by Gasteiger charge is -2.16. The van der Waals surface area contributed by atoms with Crippen LogP contribution in [-0.2, 0) is 0 Å². The standard InChI is InChI=1S/C53H35N3/c1-5-16-37(17-6-1)44-26-14-28-46-50(44)47-29-15-27-45(52(47)56-51(46)40-20-9-3-10-21-40)43-25-13-24-42(34-43)36-30-32-39(33-31-36)49-35-48(38-18-7-2-8-19-38)54-53(55-49)41-22-11-4-12-23-41/h1-35H. The first-order chi connectivity index (χ1) is 27.8. The van der Waals surface area contributed by atoms with Crippen molar-refractivity contribution in [3.8, 4) is 78.5 Å². The Morgan fingerprint density at radius 3 is 1.41 bits per heavy atom. The average Bonchev–Trinajstić information content (AvgIpc) is 3.29. The van der Waals surface area contributed by atoms with Crippen molar-refractivity contribution >= 4 is 21.7 Å². The second kappa shape index (κ2) is 14.4. The van der Waals surface area contributed by atoms with Crippen LogP contribution in [0.2, 0.25) is 0 Å². The van der Waals surface area contributed by atoms with Crippen LogP contribution in [0.4, 0.5) is 0 Å². The Morgan fingerprint density at radius 1 is 0.268 bits per heavy atom. The van der Waals surface area contributed by atoms with E-state index >= 15 is 0 Å². The van der Waals surface area contributed by atoms with Gasteiger partial charge in [-0.25, -0.2) is 15.0 Å². The van der Waals surface area contributed by atoms with Crippen LogP contribution in [0, 0.1) is 0 Å². The van der Waals surface area contributed by atoms with Crippen LogP contribution in [0.3, 0.4) is 0 Å². The van der Waals surface area contributed by atoms with Gasteiger partial charge < -0.3 is 0 Å². The van der Waals surface area contributed by atoms with Gasteiger partial charge in [0.25, 0.3) is 0 Å². The van der Waals surface area contributed by atoms with E-state index < -0.39 is 0 Å². The van der Waals surface area contributed by atoms with Gasteiger partial charge in [-0.2, -0.15) is 0 Å². The number of hydrogen-bond donors (Lipinski definition) is 0. The summed E-state index contributed by atoms with van der Waals surface area (Å²) < 4.78 is 0. The highest BCUT2D eigenvalue weighted by Gasteiger charge is 2.17. The first-order valence-electron chi connectivity index (χ1n) is 18.9. The zero-order valence-electron chi connectivity index (χ0n) is 30.5. The van der Waals surface area contributed by atoms with Gasteiger partial charge in [0.1, 0.15) is 0 Å². The lowest BCUT2D eigenvalue weighted by Crippen LogP contribution is -1.95. The van der Waals surface area contributed by atoms with Crippen molar-refractivity contribution < 1.29 is 0 Å². The molecule has 0 spiro atoms. The van der Waals surface area contributed by atoms with Crippen molar-refractivity contribution in [2.45, 2.75) is 0 Å². The van der Waals surface area contributed by atoms with Crippen LogP contribution < -0.4 is 0 Å². The molecule has 0 saturated carbocycles. The molecule has 0 radical (unpaired) electrons. The smallest absolute Gasteiger partial charge is 0.160 e. The molecule has 0 aliphatic carbocycles. The van der Waals surface area contributed by atoms with Crippen molar-refractivity contribution in [2.24, 2.45) is 0 Å². The molecule has 0 N–H and O–H groups in total. The lowest BCUT2D eigenvalue weighted by molar-refractivity contribution is 1.18. The average molecular weight is 714 g/mol. The molecule has 0 amide bonds. The number of fused-ring (bicyclic) bond motifs is 3. The molecule has 0 bridgehead atoms.